The molecule has 0 saturated heterocycles. The molecular weight excluding hydrogens is 232 g/mol. The van der Waals surface area contributed by atoms with Gasteiger partial charge in [-0.25, -0.2) is 4.98 Å². The Morgan fingerprint density at radius 3 is 3.24 bits per heavy atom. The molecule has 3 aromatic heterocycles. The smallest absolute Gasteiger partial charge is 0.172 e. The molecule has 1 aliphatic carbocycles. The molecule has 3 heterocycles. The Kier molecular flexibility index (Phi) is 1.83. The molecular formula is C12H12N4S. The van der Waals surface area contributed by atoms with Crippen LogP contribution in [0.1, 0.15) is 29.6 Å². The first-order valence-corrected chi connectivity index (χ1v) is 6.83. The fourth-order valence-corrected chi connectivity index (χ4v) is 3.99. The number of aromatic nitrogens is 4. The topological polar surface area (TPSA) is 43.1 Å². The average Bonchev–Trinajstić information content (AvgIpc) is 3.00. The van der Waals surface area contributed by atoms with Gasteiger partial charge < -0.3 is 0 Å². The Balaban J connectivity index is 2.23. The standard InChI is InChI=1S/C12H12N4S/c1-2-9-14-12-10(11-15-13-6-16(9)11)7-4-3-5-8(7)17-12/h6H,2-5H2,1H3. The second-order valence-electron chi connectivity index (χ2n) is 4.44. The first-order chi connectivity index (χ1) is 8.38. The van der Waals surface area contributed by atoms with Gasteiger partial charge in [-0.3, -0.25) is 4.40 Å². The molecule has 17 heavy (non-hydrogen) atoms. The summed E-state index contributed by atoms with van der Waals surface area (Å²) in [5, 5.41) is 9.57. The normalized spacial score (nSPS) is 14.9. The largest absolute Gasteiger partial charge is 0.269 e. The Hall–Kier alpha value is -1.49. The molecule has 0 bridgehead atoms. The molecule has 0 unspecified atom stereocenters. The van der Waals surface area contributed by atoms with E-state index in [9.17, 15) is 0 Å². The number of hydrogen-bond acceptors (Lipinski definition) is 4. The van der Waals surface area contributed by atoms with Crippen LogP contribution >= 0.6 is 11.3 Å². The molecule has 3 aromatic rings. The van der Waals surface area contributed by atoms with E-state index in [1.54, 1.807) is 6.33 Å². The van der Waals surface area contributed by atoms with E-state index in [1.807, 2.05) is 15.7 Å². The summed E-state index contributed by atoms with van der Waals surface area (Å²) in [6.45, 7) is 2.12. The summed E-state index contributed by atoms with van der Waals surface area (Å²) in [5.41, 5.74) is 2.46. The van der Waals surface area contributed by atoms with Crippen LogP contribution in [0, 0.1) is 0 Å². The molecule has 0 spiro atoms. The van der Waals surface area contributed by atoms with Crippen molar-refractivity contribution in [3.63, 3.8) is 0 Å². The lowest BCUT2D eigenvalue weighted by Crippen LogP contribution is -1.99. The van der Waals surface area contributed by atoms with Crippen molar-refractivity contribution in [2.45, 2.75) is 32.6 Å². The summed E-state index contributed by atoms with van der Waals surface area (Å²) < 4.78 is 2.04. The van der Waals surface area contributed by atoms with E-state index in [0.29, 0.717) is 0 Å². The first-order valence-electron chi connectivity index (χ1n) is 6.01. The monoisotopic (exact) mass is 244 g/mol. The summed E-state index contributed by atoms with van der Waals surface area (Å²) in [7, 11) is 0. The predicted molar refractivity (Wildman–Crippen MR) is 67.6 cm³/mol. The maximum atomic E-state index is 4.76. The van der Waals surface area contributed by atoms with Crippen molar-refractivity contribution in [1.29, 1.82) is 0 Å². The van der Waals surface area contributed by atoms with Crippen molar-refractivity contribution in [3.05, 3.63) is 22.6 Å². The SMILES string of the molecule is CCc1nc2sc3c(c2c2nncn12)CCC3. The van der Waals surface area contributed by atoms with Gasteiger partial charge in [0.2, 0.25) is 0 Å². The molecule has 1 aliphatic rings. The number of nitrogens with zero attached hydrogens (tertiary/aromatic N) is 4. The summed E-state index contributed by atoms with van der Waals surface area (Å²) in [6.07, 6.45) is 6.34. The average molecular weight is 244 g/mol. The van der Waals surface area contributed by atoms with Gasteiger partial charge in [-0.1, -0.05) is 6.92 Å². The Morgan fingerprint density at radius 1 is 1.41 bits per heavy atom. The van der Waals surface area contributed by atoms with Crippen LogP contribution in [0.25, 0.3) is 15.9 Å². The van der Waals surface area contributed by atoms with Crippen LogP contribution in [-0.4, -0.2) is 19.6 Å². The molecule has 4 rings (SSSR count). The van der Waals surface area contributed by atoms with Crippen molar-refractivity contribution in [1.82, 2.24) is 19.6 Å². The van der Waals surface area contributed by atoms with Crippen LogP contribution in [0.15, 0.2) is 6.33 Å². The highest BCUT2D eigenvalue weighted by Crippen LogP contribution is 2.38. The fraction of sp³-hybridized carbons (Fsp3) is 0.417. The minimum absolute atomic E-state index is 0.910. The minimum atomic E-state index is 0.910. The van der Waals surface area contributed by atoms with Crippen molar-refractivity contribution in [2.24, 2.45) is 0 Å². The third-order valence-electron chi connectivity index (χ3n) is 3.50. The summed E-state index contributed by atoms with van der Waals surface area (Å²) in [5.74, 6) is 1.05. The lowest BCUT2D eigenvalue weighted by Gasteiger charge is -2.02. The van der Waals surface area contributed by atoms with E-state index in [0.717, 1.165) is 22.7 Å². The highest BCUT2D eigenvalue weighted by Gasteiger charge is 2.22. The molecule has 0 aliphatic heterocycles. The minimum Gasteiger partial charge on any atom is -0.269 e. The molecule has 5 heteroatoms. The summed E-state index contributed by atoms with van der Waals surface area (Å²) in [4.78, 5) is 7.41. The lowest BCUT2D eigenvalue weighted by molar-refractivity contribution is 0.904. The van der Waals surface area contributed by atoms with Gasteiger partial charge in [-0.05, 0) is 24.8 Å². The second kappa shape index (κ2) is 3.26. The third kappa shape index (κ3) is 1.15. The van der Waals surface area contributed by atoms with E-state index >= 15 is 0 Å². The zero-order valence-corrected chi connectivity index (χ0v) is 10.4. The summed E-state index contributed by atoms with van der Waals surface area (Å²) >= 11 is 1.84. The van der Waals surface area contributed by atoms with E-state index in [1.165, 1.54) is 35.1 Å². The molecule has 0 atom stereocenters. The first kappa shape index (κ1) is 9.53. The van der Waals surface area contributed by atoms with Gasteiger partial charge in [0.1, 0.15) is 17.0 Å². The van der Waals surface area contributed by atoms with E-state index in [4.69, 9.17) is 4.98 Å². The van der Waals surface area contributed by atoms with Gasteiger partial charge in [0.15, 0.2) is 5.65 Å². The number of hydrogen-bond donors (Lipinski definition) is 0. The van der Waals surface area contributed by atoms with Gasteiger partial charge in [-0.15, -0.1) is 21.5 Å². The molecule has 0 amide bonds. The predicted octanol–water partition coefficient (Wildman–Crippen LogP) is 2.39. The van der Waals surface area contributed by atoms with Crippen LogP contribution < -0.4 is 0 Å². The van der Waals surface area contributed by atoms with Gasteiger partial charge in [0.05, 0.1) is 5.39 Å². The van der Waals surface area contributed by atoms with E-state index < -0.39 is 0 Å². The van der Waals surface area contributed by atoms with E-state index in [-0.39, 0.29) is 0 Å². The van der Waals surface area contributed by atoms with Crippen molar-refractivity contribution < 1.29 is 0 Å². The lowest BCUT2D eigenvalue weighted by atomic mass is 10.2. The van der Waals surface area contributed by atoms with Crippen molar-refractivity contribution in [2.75, 3.05) is 0 Å². The van der Waals surface area contributed by atoms with Gasteiger partial charge >= 0.3 is 0 Å². The Bertz CT molecular complexity index is 725. The van der Waals surface area contributed by atoms with Gasteiger partial charge in [0.25, 0.3) is 0 Å². The quantitative estimate of drug-likeness (QED) is 0.660. The van der Waals surface area contributed by atoms with E-state index in [2.05, 4.69) is 17.1 Å². The summed E-state index contributed by atoms with van der Waals surface area (Å²) in [6, 6.07) is 0. The second-order valence-corrected chi connectivity index (χ2v) is 5.53. The van der Waals surface area contributed by atoms with Crippen LogP contribution in [0.5, 0.6) is 0 Å². The van der Waals surface area contributed by atoms with Crippen molar-refractivity contribution >= 4 is 27.2 Å². The van der Waals surface area contributed by atoms with Gasteiger partial charge in [0, 0.05) is 11.3 Å². The zero-order valence-electron chi connectivity index (χ0n) is 9.60. The number of rotatable bonds is 1. The Labute approximate surface area is 102 Å². The molecule has 4 nitrogen and oxygen atoms in total. The van der Waals surface area contributed by atoms with Crippen molar-refractivity contribution in [3.8, 4) is 0 Å². The number of fused-ring (bicyclic) bond motifs is 5. The number of aryl methyl sites for hydroxylation is 3. The molecule has 0 fully saturated rings. The van der Waals surface area contributed by atoms with Crippen LogP contribution in [-0.2, 0) is 19.3 Å². The Morgan fingerprint density at radius 2 is 2.35 bits per heavy atom. The zero-order chi connectivity index (χ0) is 11.4. The maximum Gasteiger partial charge on any atom is 0.172 e. The van der Waals surface area contributed by atoms with Crippen LogP contribution in [0.3, 0.4) is 0 Å². The highest BCUT2D eigenvalue weighted by molar-refractivity contribution is 7.19. The molecule has 0 N–H and O–H groups in total. The third-order valence-corrected chi connectivity index (χ3v) is 4.68. The van der Waals surface area contributed by atoms with Gasteiger partial charge in [-0.2, -0.15) is 0 Å². The molecule has 0 radical (unpaired) electrons. The highest BCUT2D eigenvalue weighted by atomic mass is 32.1. The van der Waals surface area contributed by atoms with Crippen LogP contribution in [0.4, 0.5) is 0 Å². The number of thiophene rings is 1. The molecule has 0 saturated carbocycles. The molecule has 86 valence electrons. The van der Waals surface area contributed by atoms with Crippen LogP contribution in [0.2, 0.25) is 0 Å². The fourth-order valence-electron chi connectivity index (χ4n) is 2.71. The molecule has 0 aromatic carbocycles. The maximum absolute atomic E-state index is 4.76.